The minimum atomic E-state index is 0.923. The van der Waals surface area contributed by atoms with Crippen LogP contribution in [0.25, 0.3) is 0 Å². The van der Waals surface area contributed by atoms with Crippen molar-refractivity contribution in [3.63, 3.8) is 0 Å². The van der Waals surface area contributed by atoms with E-state index in [1.165, 1.54) is 19.3 Å². The molecule has 0 spiro atoms. The van der Waals surface area contributed by atoms with Gasteiger partial charge in [-0.25, -0.2) is 0 Å². The summed E-state index contributed by atoms with van der Waals surface area (Å²) < 4.78 is 5.20. The lowest BCUT2D eigenvalue weighted by Crippen LogP contribution is -1.85. The van der Waals surface area contributed by atoms with Gasteiger partial charge in [-0.3, -0.25) is 0 Å². The highest BCUT2D eigenvalue weighted by atomic mass is 32.2. The summed E-state index contributed by atoms with van der Waals surface area (Å²) in [5.74, 6) is 1.06. The molecule has 0 saturated heterocycles. The molecule has 0 bridgehead atoms. The lowest BCUT2D eigenvalue weighted by molar-refractivity contribution is 0.358. The molecule has 0 aliphatic rings. The second kappa shape index (κ2) is 8.31. The number of unbranched alkanes of at least 4 members (excludes halogenated alkanes) is 2. The van der Waals surface area contributed by atoms with E-state index in [9.17, 15) is 0 Å². The van der Waals surface area contributed by atoms with Crippen LogP contribution < -0.4 is 0 Å². The highest BCUT2D eigenvalue weighted by Gasteiger charge is 1.85. The molecule has 0 saturated carbocycles. The zero-order valence-electron chi connectivity index (χ0n) is 6.35. The van der Waals surface area contributed by atoms with Crippen molar-refractivity contribution in [3.8, 4) is 0 Å². The van der Waals surface area contributed by atoms with Crippen molar-refractivity contribution in [2.45, 2.75) is 33.1 Å². The molecule has 0 aromatic carbocycles. The fraction of sp³-hybridized carbons (Fsp3) is 1.00. The summed E-state index contributed by atoms with van der Waals surface area (Å²) in [7, 11) is 0. The molecule has 0 aliphatic heterocycles. The Morgan fingerprint density at radius 1 is 1.22 bits per heavy atom. The van der Waals surface area contributed by atoms with Gasteiger partial charge >= 0.3 is 0 Å². The second-order valence-electron chi connectivity index (χ2n) is 1.94. The van der Waals surface area contributed by atoms with Crippen molar-refractivity contribution >= 4 is 12.0 Å². The van der Waals surface area contributed by atoms with Crippen molar-refractivity contribution < 1.29 is 4.18 Å². The predicted octanol–water partition coefficient (Wildman–Crippen LogP) is 2.86. The molecule has 0 aliphatic carbocycles. The summed E-state index contributed by atoms with van der Waals surface area (Å²) in [5.41, 5.74) is 0. The lowest BCUT2D eigenvalue weighted by Gasteiger charge is -1.97. The monoisotopic (exact) mass is 148 g/mol. The predicted molar refractivity (Wildman–Crippen MR) is 43.6 cm³/mol. The van der Waals surface area contributed by atoms with Gasteiger partial charge in [-0.2, -0.15) is 0 Å². The van der Waals surface area contributed by atoms with E-state index >= 15 is 0 Å². The summed E-state index contributed by atoms with van der Waals surface area (Å²) in [6, 6.07) is 0. The first-order chi connectivity index (χ1) is 4.41. The van der Waals surface area contributed by atoms with E-state index in [0.29, 0.717) is 0 Å². The fourth-order valence-electron chi connectivity index (χ4n) is 0.553. The smallest absolute Gasteiger partial charge is 0.0613 e. The summed E-state index contributed by atoms with van der Waals surface area (Å²) in [4.78, 5) is 0. The van der Waals surface area contributed by atoms with Crippen LogP contribution in [0.2, 0.25) is 0 Å². The summed E-state index contributed by atoms with van der Waals surface area (Å²) in [6.07, 6.45) is 3.79. The maximum Gasteiger partial charge on any atom is 0.0613 e. The first kappa shape index (κ1) is 9.31. The van der Waals surface area contributed by atoms with Crippen molar-refractivity contribution in [2.24, 2.45) is 0 Å². The number of hydrogen-bond donors (Lipinski definition) is 0. The molecule has 0 radical (unpaired) electrons. The van der Waals surface area contributed by atoms with Gasteiger partial charge in [-0.15, -0.1) is 0 Å². The average Bonchev–Trinajstić information content (AvgIpc) is 1.89. The van der Waals surface area contributed by atoms with Crippen LogP contribution in [0.3, 0.4) is 0 Å². The van der Waals surface area contributed by atoms with E-state index in [0.717, 1.165) is 12.4 Å². The van der Waals surface area contributed by atoms with E-state index in [2.05, 4.69) is 13.8 Å². The minimum absolute atomic E-state index is 0.923. The second-order valence-corrected chi connectivity index (χ2v) is 2.98. The molecule has 0 rings (SSSR count). The highest BCUT2D eigenvalue weighted by molar-refractivity contribution is 7.94. The standard InChI is InChI=1S/C7H16OS/c1-3-5-6-7-8-9-4-2/h3-7H2,1-2H3. The van der Waals surface area contributed by atoms with E-state index in [1.807, 2.05) is 0 Å². The topological polar surface area (TPSA) is 9.23 Å². The molecule has 0 aromatic rings. The van der Waals surface area contributed by atoms with Crippen LogP contribution in [0.1, 0.15) is 33.1 Å². The molecule has 2 heteroatoms. The van der Waals surface area contributed by atoms with Crippen LogP contribution in [-0.4, -0.2) is 12.4 Å². The lowest BCUT2D eigenvalue weighted by atomic mass is 10.3. The average molecular weight is 148 g/mol. The van der Waals surface area contributed by atoms with Gasteiger partial charge in [0.2, 0.25) is 0 Å². The van der Waals surface area contributed by atoms with Crippen LogP contribution in [0.15, 0.2) is 0 Å². The third kappa shape index (κ3) is 8.31. The van der Waals surface area contributed by atoms with Crippen LogP contribution in [0, 0.1) is 0 Å². The Bertz CT molecular complexity index is 42.2. The molecular formula is C7H16OS. The zero-order chi connectivity index (χ0) is 6.95. The Morgan fingerprint density at radius 3 is 2.56 bits per heavy atom. The number of hydrogen-bond acceptors (Lipinski definition) is 2. The summed E-state index contributed by atoms with van der Waals surface area (Å²) in [6.45, 7) is 5.23. The van der Waals surface area contributed by atoms with Crippen molar-refractivity contribution in [3.05, 3.63) is 0 Å². The van der Waals surface area contributed by atoms with Gasteiger partial charge in [0.1, 0.15) is 0 Å². The first-order valence-corrected chi connectivity index (χ1v) is 4.57. The van der Waals surface area contributed by atoms with Gasteiger partial charge in [0.05, 0.1) is 6.61 Å². The summed E-state index contributed by atoms with van der Waals surface area (Å²) in [5, 5.41) is 0. The third-order valence-electron chi connectivity index (χ3n) is 1.03. The molecule has 56 valence electrons. The molecular weight excluding hydrogens is 132 g/mol. The van der Waals surface area contributed by atoms with Crippen LogP contribution >= 0.6 is 12.0 Å². The molecule has 0 atom stereocenters. The van der Waals surface area contributed by atoms with E-state index in [-0.39, 0.29) is 0 Å². The van der Waals surface area contributed by atoms with Crippen molar-refractivity contribution in [1.82, 2.24) is 0 Å². The van der Waals surface area contributed by atoms with Crippen molar-refractivity contribution in [2.75, 3.05) is 12.4 Å². The number of rotatable bonds is 6. The Hall–Kier alpha value is 0.310. The minimum Gasteiger partial charge on any atom is -0.315 e. The van der Waals surface area contributed by atoms with Crippen LogP contribution in [0.5, 0.6) is 0 Å². The molecule has 0 heterocycles. The normalized spacial score (nSPS) is 10.0. The molecule has 1 nitrogen and oxygen atoms in total. The van der Waals surface area contributed by atoms with Gasteiger partial charge in [-0.1, -0.05) is 26.7 Å². The van der Waals surface area contributed by atoms with Gasteiger partial charge in [-0.05, 0) is 18.5 Å². The molecule has 0 amide bonds. The maximum atomic E-state index is 5.20. The van der Waals surface area contributed by atoms with Crippen molar-refractivity contribution in [1.29, 1.82) is 0 Å². The Labute approximate surface area is 62.4 Å². The van der Waals surface area contributed by atoms with E-state index < -0.39 is 0 Å². The first-order valence-electron chi connectivity index (χ1n) is 3.66. The quantitative estimate of drug-likeness (QED) is 0.423. The molecule has 0 aromatic heterocycles. The highest BCUT2D eigenvalue weighted by Crippen LogP contribution is 2.03. The van der Waals surface area contributed by atoms with Crippen LogP contribution in [-0.2, 0) is 4.18 Å². The van der Waals surface area contributed by atoms with E-state index in [4.69, 9.17) is 4.18 Å². The van der Waals surface area contributed by atoms with Gasteiger partial charge in [0.15, 0.2) is 0 Å². The van der Waals surface area contributed by atoms with Crippen LogP contribution in [0.4, 0.5) is 0 Å². The molecule has 0 unspecified atom stereocenters. The molecule has 9 heavy (non-hydrogen) atoms. The van der Waals surface area contributed by atoms with Gasteiger partial charge in [0, 0.05) is 5.75 Å². The summed E-state index contributed by atoms with van der Waals surface area (Å²) >= 11 is 1.56. The maximum absolute atomic E-state index is 5.20. The van der Waals surface area contributed by atoms with Gasteiger partial charge < -0.3 is 4.18 Å². The molecule has 0 N–H and O–H groups in total. The van der Waals surface area contributed by atoms with E-state index in [1.54, 1.807) is 12.0 Å². The zero-order valence-corrected chi connectivity index (χ0v) is 7.17. The molecule has 0 fully saturated rings. The van der Waals surface area contributed by atoms with Gasteiger partial charge in [0.25, 0.3) is 0 Å². The Balaban J connectivity index is 2.60. The Morgan fingerprint density at radius 2 is 2.00 bits per heavy atom. The largest absolute Gasteiger partial charge is 0.315 e. The SMILES string of the molecule is CCCCCOSCC. The fourth-order valence-corrected chi connectivity index (χ4v) is 0.956. The Kier molecular flexibility index (Phi) is 8.60. The third-order valence-corrected chi connectivity index (χ3v) is 1.60.